The lowest BCUT2D eigenvalue weighted by molar-refractivity contribution is -0.117. The van der Waals surface area contributed by atoms with Gasteiger partial charge in [-0.25, -0.2) is 18.1 Å². The van der Waals surface area contributed by atoms with E-state index >= 15 is 0 Å². The monoisotopic (exact) mass is 414 g/mol. The normalized spacial score (nSPS) is 12.2. The minimum absolute atomic E-state index is 0.0240. The topological polar surface area (TPSA) is 125 Å². The number of carbonyl (C=O) groups excluding carboxylic acids is 1. The number of hydrogen-bond donors (Lipinski definition) is 3. The van der Waals surface area contributed by atoms with Crippen molar-refractivity contribution in [2.75, 3.05) is 0 Å². The predicted octanol–water partition coefficient (Wildman–Crippen LogP) is 3.06. The zero-order chi connectivity index (χ0) is 19.9. The molecule has 0 unspecified atom stereocenters. The van der Waals surface area contributed by atoms with E-state index in [1.54, 1.807) is 5.51 Å². The van der Waals surface area contributed by atoms with Crippen LogP contribution >= 0.6 is 11.3 Å². The molecule has 0 spiro atoms. The molecule has 0 aliphatic rings. The number of carbonyl (C=O) groups is 1. The van der Waals surface area contributed by atoms with Gasteiger partial charge in [0.15, 0.2) is 5.88 Å². The van der Waals surface area contributed by atoms with Crippen molar-refractivity contribution in [3.05, 3.63) is 47.5 Å². The van der Waals surface area contributed by atoms with Gasteiger partial charge in [-0.2, -0.15) is 0 Å². The number of H-pyrrole nitrogens is 1. The van der Waals surface area contributed by atoms with Crippen molar-refractivity contribution in [3.8, 4) is 5.88 Å². The van der Waals surface area contributed by atoms with Gasteiger partial charge in [-0.05, 0) is 36.4 Å². The van der Waals surface area contributed by atoms with E-state index in [1.807, 2.05) is 16.9 Å². The van der Waals surface area contributed by atoms with Crippen LogP contribution in [0.2, 0.25) is 0 Å². The standard InChI is InChI=1S/C18H14N4O4S2/c1-10(23)22-28(25,26)12-4-2-11(3-5-12)19-8-13-16-14(21-18(13)24)6-7-15-17(16)20-9-27-15/h2-9,21,24H,1H3,(H,22,23). The first kappa shape index (κ1) is 18.1. The molecule has 0 aliphatic carbocycles. The van der Waals surface area contributed by atoms with Gasteiger partial charge in [0, 0.05) is 18.5 Å². The van der Waals surface area contributed by atoms with Crippen LogP contribution in [0.5, 0.6) is 5.88 Å². The Kier molecular flexibility index (Phi) is 4.36. The molecule has 10 heteroatoms. The number of rotatable bonds is 4. The summed E-state index contributed by atoms with van der Waals surface area (Å²) in [6.07, 6.45) is 1.50. The number of thiazole rings is 1. The maximum absolute atomic E-state index is 12.0. The molecule has 0 fully saturated rings. The molecule has 2 aromatic carbocycles. The smallest absolute Gasteiger partial charge is 0.264 e. The Morgan fingerprint density at radius 1 is 1.25 bits per heavy atom. The fourth-order valence-corrected chi connectivity index (χ4v) is 4.52. The summed E-state index contributed by atoms with van der Waals surface area (Å²) in [5.74, 6) is -0.686. The van der Waals surface area contributed by atoms with Crippen LogP contribution in [0.4, 0.5) is 5.69 Å². The number of aromatic hydroxyl groups is 1. The van der Waals surface area contributed by atoms with Crippen LogP contribution in [0.25, 0.3) is 21.1 Å². The van der Waals surface area contributed by atoms with Crippen LogP contribution in [0.3, 0.4) is 0 Å². The van der Waals surface area contributed by atoms with Crippen molar-refractivity contribution in [1.29, 1.82) is 0 Å². The fraction of sp³-hybridized carbons (Fsp3) is 0.0556. The molecular formula is C18H14N4O4S2. The third-order valence-corrected chi connectivity index (χ3v) is 6.29. The van der Waals surface area contributed by atoms with Crippen LogP contribution < -0.4 is 4.72 Å². The van der Waals surface area contributed by atoms with E-state index in [0.29, 0.717) is 11.3 Å². The number of aromatic nitrogens is 2. The second kappa shape index (κ2) is 6.73. The summed E-state index contributed by atoms with van der Waals surface area (Å²) in [7, 11) is -3.89. The number of benzene rings is 2. The van der Waals surface area contributed by atoms with E-state index in [0.717, 1.165) is 28.0 Å². The summed E-state index contributed by atoms with van der Waals surface area (Å²) in [6, 6.07) is 9.53. The highest BCUT2D eigenvalue weighted by Crippen LogP contribution is 2.33. The lowest BCUT2D eigenvalue weighted by Crippen LogP contribution is -2.28. The molecule has 4 rings (SSSR count). The van der Waals surface area contributed by atoms with Crippen molar-refractivity contribution in [2.45, 2.75) is 11.8 Å². The average molecular weight is 414 g/mol. The Morgan fingerprint density at radius 3 is 2.71 bits per heavy atom. The van der Waals surface area contributed by atoms with Gasteiger partial charge in [-0.15, -0.1) is 11.3 Å². The molecule has 0 saturated carbocycles. The molecule has 28 heavy (non-hydrogen) atoms. The van der Waals surface area contributed by atoms with Gasteiger partial charge in [-0.3, -0.25) is 9.79 Å². The minimum atomic E-state index is -3.89. The molecule has 0 bridgehead atoms. The number of hydrogen-bond acceptors (Lipinski definition) is 7. The van der Waals surface area contributed by atoms with Crippen molar-refractivity contribution in [1.82, 2.24) is 14.7 Å². The largest absolute Gasteiger partial charge is 0.494 e. The predicted molar refractivity (Wildman–Crippen MR) is 108 cm³/mol. The lowest BCUT2D eigenvalue weighted by atomic mass is 10.1. The van der Waals surface area contributed by atoms with Crippen LogP contribution in [0.15, 0.2) is 51.8 Å². The van der Waals surface area contributed by atoms with E-state index in [2.05, 4.69) is 15.0 Å². The zero-order valence-corrected chi connectivity index (χ0v) is 16.1. The van der Waals surface area contributed by atoms with Gasteiger partial charge in [0.05, 0.1) is 37.4 Å². The molecule has 4 aromatic rings. The maximum Gasteiger partial charge on any atom is 0.264 e. The van der Waals surface area contributed by atoms with Crippen molar-refractivity contribution >= 4 is 60.3 Å². The third kappa shape index (κ3) is 3.23. The van der Waals surface area contributed by atoms with Gasteiger partial charge in [0.1, 0.15) is 0 Å². The van der Waals surface area contributed by atoms with Crippen molar-refractivity contribution in [3.63, 3.8) is 0 Å². The number of amides is 1. The molecular weight excluding hydrogens is 400 g/mol. The molecule has 0 radical (unpaired) electrons. The Labute approximate surface area is 163 Å². The maximum atomic E-state index is 12.0. The number of aromatic amines is 1. The van der Waals surface area contributed by atoms with Gasteiger partial charge >= 0.3 is 0 Å². The van der Waals surface area contributed by atoms with Gasteiger partial charge < -0.3 is 10.1 Å². The highest BCUT2D eigenvalue weighted by atomic mass is 32.2. The van der Waals surface area contributed by atoms with Gasteiger partial charge in [0.2, 0.25) is 5.91 Å². The van der Waals surface area contributed by atoms with E-state index in [4.69, 9.17) is 0 Å². The van der Waals surface area contributed by atoms with Crippen LogP contribution in [-0.4, -0.2) is 35.6 Å². The lowest BCUT2D eigenvalue weighted by Gasteiger charge is -2.04. The summed E-state index contributed by atoms with van der Waals surface area (Å²) in [5, 5.41) is 11.0. The van der Waals surface area contributed by atoms with Crippen molar-refractivity contribution < 1.29 is 18.3 Å². The van der Waals surface area contributed by atoms with Crippen LogP contribution in [0, 0.1) is 0 Å². The molecule has 0 aliphatic heterocycles. The molecule has 3 N–H and O–H groups in total. The first-order valence-corrected chi connectivity index (χ1v) is 10.5. The Hall–Kier alpha value is -3.24. The first-order valence-electron chi connectivity index (χ1n) is 8.09. The molecule has 1 amide bonds. The average Bonchev–Trinajstić information content (AvgIpc) is 3.22. The number of nitrogens with zero attached hydrogens (tertiary/aromatic N) is 2. The zero-order valence-electron chi connectivity index (χ0n) is 14.5. The number of sulfonamides is 1. The highest BCUT2D eigenvalue weighted by molar-refractivity contribution is 7.90. The molecule has 0 atom stereocenters. The molecule has 142 valence electrons. The van der Waals surface area contributed by atoms with Crippen molar-refractivity contribution in [2.24, 2.45) is 4.99 Å². The van der Waals surface area contributed by atoms with Gasteiger partial charge in [-0.1, -0.05) is 0 Å². The number of fused-ring (bicyclic) bond motifs is 3. The van der Waals surface area contributed by atoms with E-state index in [9.17, 15) is 18.3 Å². The Balaban J connectivity index is 1.69. The summed E-state index contributed by atoms with van der Waals surface area (Å²) in [4.78, 5) is 22.5. The van der Waals surface area contributed by atoms with Crippen LogP contribution in [0.1, 0.15) is 12.5 Å². The summed E-state index contributed by atoms with van der Waals surface area (Å²) >= 11 is 1.50. The van der Waals surface area contributed by atoms with E-state index in [-0.39, 0.29) is 10.8 Å². The fourth-order valence-electron chi connectivity index (χ4n) is 2.85. The van der Waals surface area contributed by atoms with E-state index < -0.39 is 15.9 Å². The second-order valence-electron chi connectivity index (χ2n) is 5.99. The van der Waals surface area contributed by atoms with Crippen LogP contribution in [-0.2, 0) is 14.8 Å². The quantitative estimate of drug-likeness (QED) is 0.443. The summed E-state index contributed by atoms with van der Waals surface area (Å²) < 4.78 is 26.8. The second-order valence-corrected chi connectivity index (χ2v) is 8.56. The Bertz CT molecular complexity index is 1340. The first-order chi connectivity index (χ1) is 13.3. The minimum Gasteiger partial charge on any atom is -0.494 e. The highest BCUT2D eigenvalue weighted by Gasteiger charge is 2.16. The summed E-state index contributed by atoms with van der Waals surface area (Å²) in [6.45, 7) is 1.13. The molecule has 2 aromatic heterocycles. The molecule has 8 nitrogen and oxygen atoms in total. The van der Waals surface area contributed by atoms with Gasteiger partial charge in [0.25, 0.3) is 10.0 Å². The molecule has 0 saturated heterocycles. The molecule has 2 heterocycles. The number of nitrogens with one attached hydrogen (secondary N) is 2. The van der Waals surface area contributed by atoms with E-state index in [1.165, 1.54) is 41.8 Å². The third-order valence-electron chi connectivity index (χ3n) is 4.05. The SMILES string of the molecule is CC(=O)NS(=O)(=O)c1ccc(N=Cc2c(O)[nH]c3ccc4scnc4c23)cc1. The summed E-state index contributed by atoms with van der Waals surface area (Å²) in [5.41, 5.74) is 4.25. The Morgan fingerprint density at radius 2 is 2.00 bits per heavy atom. The number of aliphatic imine (C=N–C) groups is 1.